The molecule has 0 N–H and O–H groups in total. The van der Waals surface area contributed by atoms with E-state index in [0.29, 0.717) is 21.3 Å². The van der Waals surface area contributed by atoms with Crippen molar-refractivity contribution in [2.24, 2.45) is 0 Å². The van der Waals surface area contributed by atoms with Crippen LogP contribution in [-0.2, 0) is 11.3 Å². The summed E-state index contributed by atoms with van der Waals surface area (Å²) in [5, 5.41) is 5.35. The molecule has 0 saturated heterocycles. The van der Waals surface area contributed by atoms with Crippen LogP contribution in [0.5, 0.6) is 0 Å². The molecule has 0 spiro atoms. The fourth-order valence-corrected chi connectivity index (χ4v) is 2.66. The molecular weight excluding hydrogens is 361 g/mol. The lowest BCUT2D eigenvalue weighted by Crippen LogP contribution is -2.06. The maximum atomic E-state index is 12.2. The molecule has 2 heterocycles. The Morgan fingerprint density at radius 2 is 1.88 bits per heavy atom. The van der Waals surface area contributed by atoms with Crippen LogP contribution in [0.2, 0.25) is 10.2 Å². The molecule has 7 heteroatoms. The van der Waals surface area contributed by atoms with E-state index < -0.39 is 5.97 Å². The normalized spacial score (nSPS) is 10.7. The SMILES string of the molecule is Cc1nn(-c2ccc(C(=O)OCc3cccnc3Cl)cc2)c(C)c1Cl. The number of benzene rings is 1. The van der Waals surface area contributed by atoms with Gasteiger partial charge in [0.15, 0.2) is 0 Å². The van der Waals surface area contributed by atoms with E-state index >= 15 is 0 Å². The molecule has 128 valence electrons. The smallest absolute Gasteiger partial charge is 0.338 e. The number of hydrogen-bond donors (Lipinski definition) is 0. The molecule has 0 radical (unpaired) electrons. The zero-order chi connectivity index (χ0) is 18.0. The number of aryl methyl sites for hydroxylation is 1. The topological polar surface area (TPSA) is 57.0 Å². The lowest BCUT2D eigenvalue weighted by Gasteiger charge is -2.08. The molecule has 2 aromatic heterocycles. The number of rotatable bonds is 4. The Hall–Kier alpha value is -2.37. The molecule has 0 unspecified atom stereocenters. The number of halogens is 2. The number of nitrogens with zero attached hydrogens (tertiary/aromatic N) is 3. The van der Waals surface area contributed by atoms with Crippen LogP contribution in [-0.4, -0.2) is 20.7 Å². The van der Waals surface area contributed by atoms with Crippen LogP contribution >= 0.6 is 23.2 Å². The van der Waals surface area contributed by atoms with Crippen molar-refractivity contribution in [3.8, 4) is 5.69 Å². The summed E-state index contributed by atoms with van der Waals surface area (Å²) in [5.41, 5.74) is 3.53. The maximum Gasteiger partial charge on any atom is 0.338 e. The minimum absolute atomic E-state index is 0.0698. The molecule has 0 aliphatic carbocycles. The zero-order valence-electron chi connectivity index (χ0n) is 13.7. The number of esters is 1. The molecule has 0 amide bonds. The number of pyridine rings is 1. The van der Waals surface area contributed by atoms with Crippen LogP contribution in [0.25, 0.3) is 5.69 Å². The Morgan fingerprint density at radius 1 is 1.16 bits per heavy atom. The van der Waals surface area contributed by atoms with Crippen molar-refractivity contribution in [3.63, 3.8) is 0 Å². The summed E-state index contributed by atoms with van der Waals surface area (Å²) in [6, 6.07) is 10.5. The molecule has 3 rings (SSSR count). The summed E-state index contributed by atoms with van der Waals surface area (Å²) in [5.74, 6) is -0.433. The van der Waals surface area contributed by atoms with Crippen LogP contribution in [0.15, 0.2) is 42.6 Å². The van der Waals surface area contributed by atoms with Gasteiger partial charge in [-0.05, 0) is 44.2 Å². The van der Waals surface area contributed by atoms with Gasteiger partial charge in [0.2, 0.25) is 0 Å². The highest BCUT2D eigenvalue weighted by atomic mass is 35.5. The Labute approximate surface area is 155 Å². The van der Waals surface area contributed by atoms with Gasteiger partial charge in [-0.15, -0.1) is 0 Å². The number of ether oxygens (including phenoxy) is 1. The lowest BCUT2D eigenvalue weighted by molar-refractivity contribution is 0.0472. The highest BCUT2D eigenvalue weighted by Crippen LogP contribution is 2.22. The van der Waals surface area contributed by atoms with Crippen molar-refractivity contribution in [2.45, 2.75) is 20.5 Å². The minimum atomic E-state index is -0.433. The van der Waals surface area contributed by atoms with E-state index in [1.807, 2.05) is 13.8 Å². The number of carbonyl (C=O) groups excluding carboxylic acids is 1. The number of hydrogen-bond acceptors (Lipinski definition) is 4. The van der Waals surface area contributed by atoms with E-state index in [1.165, 1.54) is 0 Å². The summed E-state index contributed by atoms with van der Waals surface area (Å²) in [6.07, 6.45) is 1.58. The van der Waals surface area contributed by atoms with E-state index in [2.05, 4.69) is 10.1 Å². The van der Waals surface area contributed by atoms with Crippen molar-refractivity contribution < 1.29 is 9.53 Å². The third kappa shape index (κ3) is 3.67. The molecule has 0 aliphatic heterocycles. The van der Waals surface area contributed by atoms with Gasteiger partial charge in [0, 0.05) is 11.8 Å². The molecule has 5 nitrogen and oxygen atoms in total. The van der Waals surface area contributed by atoms with Gasteiger partial charge in [0.25, 0.3) is 0 Å². The van der Waals surface area contributed by atoms with E-state index in [9.17, 15) is 4.79 Å². The van der Waals surface area contributed by atoms with Crippen LogP contribution in [0.4, 0.5) is 0 Å². The summed E-state index contributed by atoms with van der Waals surface area (Å²) < 4.78 is 7.02. The van der Waals surface area contributed by atoms with Crippen LogP contribution in [0.3, 0.4) is 0 Å². The van der Waals surface area contributed by atoms with Crippen molar-refractivity contribution in [3.05, 3.63) is 75.3 Å². The predicted molar refractivity (Wildman–Crippen MR) is 96.4 cm³/mol. The quantitative estimate of drug-likeness (QED) is 0.495. The summed E-state index contributed by atoms with van der Waals surface area (Å²) in [6.45, 7) is 3.81. The highest BCUT2D eigenvalue weighted by Gasteiger charge is 2.13. The molecule has 0 saturated carbocycles. The first-order chi connectivity index (χ1) is 12.0. The third-order valence-corrected chi connectivity index (χ3v) is 4.63. The van der Waals surface area contributed by atoms with Crippen molar-refractivity contribution >= 4 is 29.2 Å². The second-order valence-electron chi connectivity index (χ2n) is 5.47. The lowest BCUT2D eigenvalue weighted by atomic mass is 10.2. The largest absolute Gasteiger partial charge is 0.457 e. The van der Waals surface area contributed by atoms with Crippen molar-refractivity contribution in [1.82, 2.24) is 14.8 Å². The van der Waals surface area contributed by atoms with Gasteiger partial charge in [-0.1, -0.05) is 29.3 Å². The molecule has 25 heavy (non-hydrogen) atoms. The molecule has 1 aromatic carbocycles. The Morgan fingerprint density at radius 3 is 2.48 bits per heavy atom. The molecular formula is C18H15Cl2N3O2. The fourth-order valence-electron chi connectivity index (χ4n) is 2.37. The Kier molecular flexibility index (Phi) is 5.06. The van der Waals surface area contributed by atoms with Crippen LogP contribution in [0, 0.1) is 13.8 Å². The van der Waals surface area contributed by atoms with Gasteiger partial charge < -0.3 is 4.74 Å². The van der Waals surface area contributed by atoms with Gasteiger partial charge in [-0.3, -0.25) is 0 Å². The molecule has 0 atom stereocenters. The number of aromatic nitrogens is 3. The molecule has 3 aromatic rings. The fraction of sp³-hybridized carbons (Fsp3) is 0.167. The molecule has 0 aliphatic rings. The second-order valence-corrected chi connectivity index (χ2v) is 6.21. The average Bonchev–Trinajstić information content (AvgIpc) is 2.88. The first kappa shape index (κ1) is 17.5. The Bertz CT molecular complexity index is 921. The van der Waals surface area contributed by atoms with Gasteiger partial charge in [-0.25, -0.2) is 14.5 Å². The first-order valence-electron chi connectivity index (χ1n) is 7.56. The summed E-state index contributed by atoms with van der Waals surface area (Å²) in [7, 11) is 0. The zero-order valence-corrected chi connectivity index (χ0v) is 15.2. The van der Waals surface area contributed by atoms with Gasteiger partial charge in [0.05, 0.1) is 27.7 Å². The standard InChI is InChI=1S/C18H15Cl2N3O2/c1-11-16(19)12(2)23(22-11)15-7-5-13(6-8-15)18(24)25-10-14-4-3-9-21-17(14)20/h3-9H,10H2,1-2H3. The summed E-state index contributed by atoms with van der Waals surface area (Å²) in [4.78, 5) is 16.1. The Balaban J connectivity index is 1.72. The van der Waals surface area contributed by atoms with Gasteiger partial charge in [-0.2, -0.15) is 5.10 Å². The van der Waals surface area contributed by atoms with E-state index in [0.717, 1.165) is 17.1 Å². The summed E-state index contributed by atoms with van der Waals surface area (Å²) >= 11 is 12.1. The third-order valence-electron chi connectivity index (χ3n) is 3.75. The minimum Gasteiger partial charge on any atom is -0.457 e. The monoisotopic (exact) mass is 375 g/mol. The second kappa shape index (κ2) is 7.25. The average molecular weight is 376 g/mol. The van der Waals surface area contributed by atoms with Gasteiger partial charge >= 0.3 is 5.97 Å². The maximum absolute atomic E-state index is 12.2. The predicted octanol–water partition coefficient (Wildman–Crippen LogP) is 4.55. The van der Waals surface area contributed by atoms with E-state index in [1.54, 1.807) is 47.3 Å². The molecule has 0 bridgehead atoms. The van der Waals surface area contributed by atoms with Crippen LogP contribution < -0.4 is 0 Å². The van der Waals surface area contributed by atoms with Crippen molar-refractivity contribution in [2.75, 3.05) is 0 Å². The first-order valence-corrected chi connectivity index (χ1v) is 8.31. The van der Waals surface area contributed by atoms with Crippen molar-refractivity contribution in [1.29, 1.82) is 0 Å². The van der Waals surface area contributed by atoms with Crippen LogP contribution in [0.1, 0.15) is 27.3 Å². The molecule has 0 fully saturated rings. The van der Waals surface area contributed by atoms with E-state index in [4.69, 9.17) is 27.9 Å². The number of carbonyl (C=O) groups is 1. The van der Waals surface area contributed by atoms with E-state index in [-0.39, 0.29) is 6.61 Å². The van der Waals surface area contributed by atoms with Gasteiger partial charge in [0.1, 0.15) is 11.8 Å². The highest BCUT2D eigenvalue weighted by molar-refractivity contribution is 6.31.